The van der Waals surface area contributed by atoms with Crippen LogP contribution in [0.15, 0.2) is 36.5 Å². The van der Waals surface area contributed by atoms with Crippen molar-refractivity contribution in [2.45, 2.75) is 37.8 Å². The Balaban J connectivity index is 1.49. The molecule has 1 aliphatic carbocycles. The Labute approximate surface area is 189 Å². The lowest BCUT2D eigenvalue weighted by Gasteiger charge is -2.38. The number of hydrogen-bond acceptors (Lipinski definition) is 6. The molecule has 0 unspecified atom stereocenters. The maximum Gasteiger partial charge on any atom is 0.301 e. The molecule has 1 atom stereocenters. The number of nitrogens with one attached hydrogen (secondary N) is 1. The van der Waals surface area contributed by atoms with Gasteiger partial charge in [-0.15, -0.1) is 0 Å². The van der Waals surface area contributed by atoms with Gasteiger partial charge in [0, 0.05) is 48.4 Å². The van der Waals surface area contributed by atoms with Crippen LogP contribution in [0.4, 0.5) is 14.5 Å². The van der Waals surface area contributed by atoms with E-state index in [1.165, 1.54) is 0 Å². The van der Waals surface area contributed by atoms with Gasteiger partial charge in [0.15, 0.2) is 6.10 Å². The number of nitrogens with zero attached hydrogens (tertiary/aromatic N) is 2. The number of anilines is 1. The average Bonchev–Trinajstić information content (AvgIpc) is 3.65. The fourth-order valence-corrected chi connectivity index (χ4v) is 3.80. The summed E-state index contributed by atoms with van der Waals surface area (Å²) in [5, 5.41) is 11.8. The molecule has 10 heteroatoms. The number of carbonyl (C=O) groups is 2. The van der Waals surface area contributed by atoms with Gasteiger partial charge in [-0.2, -0.15) is 0 Å². The van der Waals surface area contributed by atoms with Gasteiger partial charge in [-0.1, -0.05) is 0 Å². The van der Waals surface area contributed by atoms with Crippen LogP contribution in [0, 0.1) is 5.92 Å². The van der Waals surface area contributed by atoms with Gasteiger partial charge in [-0.3, -0.25) is 14.6 Å². The highest BCUT2D eigenvalue weighted by Crippen LogP contribution is 2.34. The second-order valence-electron chi connectivity index (χ2n) is 8.35. The molecule has 2 fully saturated rings. The minimum absolute atomic E-state index is 0.00814. The number of pyridine rings is 1. The van der Waals surface area contributed by atoms with E-state index in [4.69, 9.17) is 15.6 Å². The Morgan fingerprint density at radius 2 is 2.03 bits per heavy atom. The van der Waals surface area contributed by atoms with Gasteiger partial charge in [-0.05, 0) is 43.2 Å². The van der Waals surface area contributed by atoms with Crippen LogP contribution >= 0.6 is 0 Å². The summed E-state index contributed by atoms with van der Waals surface area (Å²) < 4.78 is 34.9. The van der Waals surface area contributed by atoms with Gasteiger partial charge in [0.05, 0.1) is 12.2 Å². The van der Waals surface area contributed by atoms with Gasteiger partial charge in [-0.25, -0.2) is 8.78 Å². The molecule has 2 aliphatic rings. The Morgan fingerprint density at radius 1 is 1.24 bits per heavy atom. The molecule has 4 rings (SSSR count). The monoisotopic (exact) mass is 460 g/mol. The van der Waals surface area contributed by atoms with Crippen molar-refractivity contribution in [3.05, 3.63) is 42.1 Å². The Hall–Kier alpha value is -3.11. The first-order valence-corrected chi connectivity index (χ1v) is 10.8. The van der Waals surface area contributed by atoms with E-state index >= 15 is 0 Å². The summed E-state index contributed by atoms with van der Waals surface area (Å²) in [5.41, 5.74) is 8.34. The number of piperidine rings is 1. The number of benzene rings is 1. The van der Waals surface area contributed by atoms with Crippen LogP contribution in [-0.4, -0.2) is 58.5 Å². The standard InChI is InChI=1S/C23H26F2N4O4/c24-23(25)13-29(21(31)12-30)8-6-20(23)33-19-4-3-15(9-16(19)11-26)18-10-17(5-7-27-18)28-22(32)14-1-2-14/h3-5,7,9-10,14,20,30H,1-2,6,8,11-13,26H2,(H,27,28,32)/t20-/m0/s1. The predicted octanol–water partition coefficient (Wildman–Crippen LogP) is 2.16. The molecule has 0 radical (unpaired) electrons. The van der Waals surface area contributed by atoms with E-state index in [-0.39, 0.29) is 37.1 Å². The van der Waals surface area contributed by atoms with Gasteiger partial charge in [0.1, 0.15) is 12.4 Å². The van der Waals surface area contributed by atoms with E-state index < -0.39 is 31.1 Å². The van der Waals surface area contributed by atoms with Gasteiger partial charge < -0.3 is 25.8 Å². The fraction of sp³-hybridized carbons (Fsp3) is 0.435. The normalized spacial score (nSPS) is 19.8. The minimum atomic E-state index is -3.27. The first-order valence-electron chi connectivity index (χ1n) is 10.8. The maximum atomic E-state index is 14.6. The zero-order valence-electron chi connectivity index (χ0n) is 18.0. The predicted molar refractivity (Wildman–Crippen MR) is 117 cm³/mol. The van der Waals surface area contributed by atoms with E-state index in [1.807, 2.05) is 0 Å². The van der Waals surface area contributed by atoms with Gasteiger partial charge in [0.25, 0.3) is 0 Å². The highest BCUT2D eigenvalue weighted by molar-refractivity contribution is 5.94. The zero-order valence-corrected chi connectivity index (χ0v) is 18.0. The van der Waals surface area contributed by atoms with Crippen LogP contribution in [0.3, 0.4) is 0 Å². The number of ether oxygens (including phenoxy) is 1. The number of aliphatic hydroxyl groups is 1. The molecule has 1 saturated heterocycles. The number of aromatic nitrogens is 1. The maximum absolute atomic E-state index is 14.6. The summed E-state index contributed by atoms with van der Waals surface area (Å²) in [5.74, 6) is -3.70. The fourth-order valence-electron chi connectivity index (χ4n) is 3.80. The summed E-state index contributed by atoms with van der Waals surface area (Å²) in [7, 11) is 0. The molecule has 4 N–H and O–H groups in total. The molecule has 2 aromatic rings. The number of rotatable bonds is 7. The Kier molecular flexibility index (Phi) is 6.57. The third kappa shape index (κ3) is 5.28. The molecule has 2 amide bonds. The third-order valence-electron chi connectivity index (χ3n) is 5.84. The van der Waals surface area contributed by atoms with Gasteiger partial charge in [0.2, 0.25) is 11.8 Å². The highest BCUT2D eigenvalue weighted by Gasteiger charge is 2.47. The largest absolute Gasteiger partial charge is 0.484 e. The molecular formula is C23H26F2N4O4. The van der Waals surface area contributed by atoms with Crippen molar-refractivity contribution in [2.24, 2.45) is 11.7 Å². The quantitative estimate of drug-likeness (QED) is 0.583. The van der Waals surface area contributed by atoms with Crippen molar-refractivity contribution in [1.82, 2.24) is 9.88 Å². The number of amides is 2. The summed E-state index contributed by atoms with van der Waals surface area (Å²) in [4.78, 5) is 28.9. The molecule has 1 aromatic heterocycles. The number of alkyl halides is 2. The summed E-state index contributed by atoms with van der Waals surface area (Å²) in [6.07, 6.45) is 1.90. The second-order valence-corrected chi connectivity index (χ2v) is 8.35. The average molecular weight is 460 g/mol. The molecule has 1 aliphatic heterocycles. The SMILES string of the molecule is NCc1cc(-c2cc(NC(=O)C3CC3)ccn2)ccc1O[C@H]1CCN(C(=O)CO)CC1(F)F. The van der Waals surface area contributed by atoms with Crippen molar-refractivity contribution in [3.8, 4) is 17.0 Å². The van der Waals surface area contributed by atoms with E-state index in [0.29, 0.717) is 22.5 Å². The lowest BCUT2D eigenvalue weighted by molar-refractivity contribution is -0.162. The highest BCUT2D eigenvalue weighted by atomic mass is 19.3. The van der Waals surface area contributed by atoms with E-state index in [9.17, 15) is 18.4 Å². The third-order valence-corrected chi connectivity index (χ3v) is 5.84. The summed E-state index contributed by atoms with van der Waals surface area (Å²) in [6, 6.07) is 8.47. The lowest BCUT2D eigenvalue weighted by Crippen LogP contribution is -2.55. The molecule has 0 spiro atoms. The lowest BCUT2D eigenvalue weighted by atomic mass is 10.0. The number of likely N-dealkylation sites (tertiary alicyclic amines) is 1. The summed E-state index contributed by atoms with van der Waals surface area (Å²) >= 11 is 0. The topological polar surface area (TPSA) is 118 Å². The van der Waals surface area contributed by atoms with Crippen molar-refractivity contribution in [3.63, 3.8) is 0 Å². The first kappa shape index (κ1) is 23.1. The smallest absolute Gasteiger partial charge is 0.301 e. The van der Waals surface area contributed by atoms with Crippen LogP contribution in [0.2, 0.25) is 0 Å². The molecule has 176 valence electrons. The van der Waals surface area contributed by atoms with Crippen LogP contribution < -0.4 is 15.8 Å². The Bertz CT molecular complexity index is 1040. The molecule has 1 aromatic carbocycles. The van der Waals surface area contributed by atoms with Crippen molar-refractivity contribution < 1.29 is 28.2 Å². The van der Waals surface area contributed by atoms with E-state index in [2.05, 4.69) is 10.3 Å². The number of carbonyl (C=O) groups excluding carboxylic acids is 2. The zero-order chi connectivity index (χ0) is 23.6. The Morgan fingerprint density at radius 3 is 2.70 bits per heavy atom. The van der Waals surface area contributed by atoms with Crippen molar-refractivity contribution in [1.29, 1.82) is 0 Å². The molecule has 0 bridgehead atoms. The first-order chi connectivity index (χ1) is 15.8. The molecule has 33 heavy (non-hydrogen) atoms. The number of nitrogens with two attached hydrogens (primary N) is 1. The number of halogens is 2. The molecular weight excluding hydrogens is 434 g/mol. The molecule has 2 heterocycles. The van der Waals surface area contributed by atoms with Crippen LogP contribution in [0.1, 0.15) is 24.8 Å². The number of hydrogen-bond donors (Lipinski definition) is 3. The van der Waals surface area contributed by atoms with Crippen molar-refractivity contribution in [2.75, 3.05) is 25.0 Å². The second kappa shape index (κ2) is 9.40. The number of aliphatic hydroxyl groups excluding tert-OH is 1. The van der Waals surface area contributed by atoms with Crippen LogP contribution in [0.5, 0.6) is 5.75 Å². The van der Waals surface area contributed by atoms with Crippen molar-refractivity contribution >= 4 is 17.5 Å². The van der Waals surface area contributed by atoms with Gasteiger partial charge >= 0.3 is 5.92 Å². The van der Waals surface area contributed by atoms with E-state index in [0.717, 1.165) is 17.7 Å². The van der Waals surface area contributed by atoms with Crippen LogP contribution in [-0.2, 0) is 16.1 Å². The molecule has 8 nitrogen and oxygen atoms in total. The van der Waals surface area contributed by atoms with Crippen LogP contribution in [0.25, 0.3) is 11.3 Å². The molecule has 1 saturated carbocycles. The summed E-state index contributed by atoms with van der Waals surface area (Å²) in [6.45, 7) is -1.48. The van der Waals surface area contributed by atoms with E-state index in [1.54, 1.807) is 36.5 Å². The minimum Gasteiger partial charge on any atom is -0.484 e.